The number of fused-ring (bicyclic) bond motifs is 1. The van der Waals surface area contributed by atoms with Crippen LogP contribution in [0.3, 0.4) is 0 Å². The van der Waals surface area contributed by atoms with Crippen molar-refractivity contribution >= 4 is 16.9 Å². The normalized spacial score (nSPS) is 11.0. The number of aromatic amines is 1. The lowest BCUT2D eigenvalue weighted by atomic mass is 10.1. The third-order valence-corrected chi connectivity index (χ3v) is 5.18. The Kier molecular flexibility index (Phi) is 4.91. The Bertz CT molecular complexity index is 1460. The Balaban J connectivity index is 1.62. The Morgan fingerprint density at radius 2 is 1.78 bits per heavy atom. The molecule has 3 N–H and O–H groups in total. The molecule has 156 valence electrons. The summed E-state index contributed by atoms with van der Waals surface area (Å²) in [5, 5.41) is 0. The smallest absolute Gasteiger partial charge is 0.248 e. The highest BCUT2D eigenvalue weighted by Crippen LogP contribution is 2.30. The monoisotopic (exact) mass is 420 g/mol. The number of amides is 1. The van der Waals surface area contributed by atoms with Crippen LogP contribution >= 0.6 is 0 Å². The highest BCUT2D eigenvalue weighted by atomic mass is 16.1. The first-order chi connectivity index (χ1) is 15.6. The number of pyridine rings is 3. The summed E-state index contributed by atoms with van der Waals surface area (Å²) in [6, 6.07) is 20.8. The fraction of sp³-hybridized carbons (Fsp3) is 0.0800. The minimum atomic E-state index is -0.453. The molecule has 0 fully saturated rings. The third kappa shape index (κ3) is 3.83. The van der Waals surface area contributed by atoms with Crippen molar-refractivity contribution in [1.29, 1.82) is 0 Å². The van der Waals surface area contributed by atoms with Crippen molar-refractivity contribution in [3.8, 4) is 22.8 Å². The van der Waals surface area contributed by atoms with Gasteiger partial charge in [0, 0.05) is 23.9 Å². The number of imidazole rings is 1. The molecule has 0 saturated heterocycles. The summed E-state index contributed by atoms with van der Waals surface area (Å²) in [5.74, 6) is 0.290. The van der Waals surface area contributed by atoms with Crippen LogP contribution in [0.25, 0.3) is 33.8 Å². The summed E-state index contributed by atoms with van der Waals surface area (Å²) in [5.41, 5.74) is 12.4. The number of rotatable bonds is 5. The van der Waals surface area contributed by atoms with Gasteiger partial charge >= 0.3 is 0 Å². The lowest BCUT2D eigenvalue weighted by Crippen LogP contribution is -2.11. The Morgan fingerprint density at radius 1 is 0.906 bits per heavy atom. The van der Waals surface area contributed by atoms with Crippen LogP contribution in [0.15, 0.2) is 72.9 Å². The van der Waals surface area contributed by atoms with E-state index < -0.39 is 5.91 Å². The van der Waals surface area contributed by atoms with Gasteiger partial charge in [0.05, 0.1) is 28.1 Å². The molecule has 0 aliphatic carbocycles. The summed E-state index contributed by atoms with van der Waals surface area (Å²) in [7, 11) is 0. The largest absolute Gasteiger partial charge is 0.366 e. The minimum absolute atomic E-state index is 0.453. The summed E-state index contributed by atoms with van der Waals surface area (Å²) in [6.45, 7) is 1.95. The first-order valence-electron chi connectivity index (χ1n) is 10.2. The maximum absolute atomic E-state index is 11.6. The van der Waals surface area contributed by atoms with Crippen molar-refractivity contribution in [3.63, 3.8) is 0 Å². The zero-order valence-electron chi connectivity index (χ0n) is 17.4. The van der Waals surface area contributed by atoms with Gasteiger partial charge in [-0.25, -0.2) is 9.97 Å². The number of carbonyl (C=O) groups is 1. The average Bonchev–Trinajstić information content (AvgIpc) is 3.22. The summed E-state index contributed by atoms with van der Waals surface area (Å²) in [4.78, 5) is 33.6. The van der Waals surface area contributed by atoms with Gasteiger partial charge in [-0.3, -0.25) is 14.8 Å². The summed E-state index contributed by atoms with van der Waals surface area (Å²) >= 11 is 0. The maximum Gasteiger partial charge on any atom is 0.248 e. The Hall–Kier alpha value is -4.39. The molecule has 1 amide bonds. The maximum atomic E-state index is 11.6. The van der Waals surface area contributed by atoms with Gasteiger partial charge in [0.1, 0.15) is 11.5 Å². The summed E-state index contributed by atoms with van der Waals surface area (Å²) in [6.07, 6.45) is 2.26. The molecule has 7 heteroatoms. The van der Waals surface area contributed by atoms with E-state index in [4.69, 9.17) is 15.7 Å². The first-order valence-corrected chi connectivity index (χ1v) is 10.2. The highest BCUT2D eigenvalue weighted by molar-refractivity contribution is 5.92. The van der Waals surface area contributed by atoms with E-state index in [0.29, 0.717) is 12.0 Å². The van der Waals surface area contributed by atoms with Crippen LogP contribution in [-0.4, -0.2) is 30.8 Å². The number of benzene rings is 1. The molecule has 1 aromatic carbocycles. The number of nitrogens with zero attached hydrogens (tertiary/aromatic N) is 4. The predicted octanol–water partition coefficient (Wildman–Crippen LogP) is 4.08. The van der Waals surface area contributed by atoms with Crippen LogP contribution in [0.1, 0.15) is 27.4 Å². The number of hydrogen-bond donors (Lipinski definition) is 2. The zero-order valence-corrected chi connectivity index (χ0v) is 17.4. The van der Waals surface area contributed by atoms with Crippen LogP contribution in [0.5, 0.6) is 0 Å². The molecule has 0 unspecified atom stereocenters. The van der Waals surface area contributed by atoms with Crippen LogP contribution in [0, 0.1) is 6.92 Å². The molecule has 0 aliphatic rings. The van der Waals surface area contributed by atoms with Crippen molar-refractivity contribution in [1.82, 2.24) is 24.9 Å². The number of nitrogens with one attached hydrogen (secondary N) is 1. The number of hydrogen-bond acceptors (Lipinski definition) is 5. The lowest BCUT2D eigenvalue weighted by Gasteiger charge is -2.04. The molecular formula is C25H20N6O. The second-order valence-electron chi connectivity index (χ2n) is 7.55. The standard InChI is InChI=1S/C25H20N6O/c1-15-5-2-8-20(28-15)23-24(21-11-10-18-19(29-21)9-4-12-27-18)31-22(30-23)14-16-6-3-7-17(13-16)25(26)32/h2-13H,14H2,1H3,(H2,26,32)(H,30,31). The molecular weight excluding hydrogens is 400 g/mol. The van der Waals surface area contributed by atoms with Gasteiger partial charge in [0.15, 0.2) is 0 Å². The van der Waals surface area contributed by atoms with Crippen LogP contribution < -0.4 is 5.73 Å². The summed E-state index contributed by atoms with van der Waals surface area (Å²) < 4.78 is 0. The zero-order chi connectivity index (χ0) is 22.1. The molecule has 32 heavy (non-hydrogen) atoms. The molecule has 0 bridgehead atoms. The SMILES string of the molecule is Cc1cccc(-c2nc(Cc3cccc(C(N)=O)c3)[nH]c2-c2ccc3ncccc3n2)n1. The van der Waals surface area contributed by atoms with Crippen molar-refractivity contribution in [3.05, 3.63) is 95.6 Å². The van der Waals surface area contributed by atoms with Gasteiger partial charge in [-0.15, -0.1) is 0 Å². The molecule has 5 aromatic rings. The van der Waals surface area contributed by atoms with Gasteiger partial charge in [-0.05, 0) is 61.0 Å². The Labute approximate surface area is 184 Å². The van der Waals surface area contributed by atoms with E-state index in [1.54, 1.807) is 18.3 Å². The van der Waals surface area contributed by atoms with Crippen molar-refractivity contribution in [2.24, 2.45) is 5.73 Å². The second kappa shape index (κ2) is 8.03. The van der Waals surface area contributed by atoms with Gasteiger partial charge in [-0.1, -0.05) is 18.2 Å². The van der Waals surface area contributed by atoms with E-state index in [-0.39, 0.29) is 0 Å². The molecule has 7 nitrogen and oxygen atoms in total. The molecule has 5 rings (SSSR count). The molecule has 0 spiro atoms. The molecule has 4 heterocycles. The van der Waals surface area contributed by atoms with Crippen molar-refractivity contribution < 1.29 is 4.79 Å². The fourth-order valence-electron chi connectivity index (χ4n) is 3.68. The first kappa shape index (κ1) is 19.6. The molecule has 0 atom stereocenters. The number of aromatic nitrogens is 5. The Morgan fingerprint density at radius 3 is 2.62 bits per heavy atom. The van der Waals surface area contributed by atoms with E-state index in [9.17, 15) is 4.79 Å². The molecule has 4 aromatic heterocycles. The highest BCUT2D eigenvalue weighted by Gasteiger charge is 2.17. The van der Waals surface area contributed by atoms with Crippen molar-refractivity contribution in [2.45, 2.75) is 13.3 Å². The molecule has 0 radical (unpaired) electrons. The third-order valence-electron chi connectivity index (χ3n) is 5.18. The van der Waals surface area contributed by atoms with E-state index in [1.165, 1.54) is 0 Å². The molecule has 0 aliphatic heterocycles. The van der Waals surface area contributed by atoms with E-state index in [0.717, 1.165) is 50.9 Å². The lowest BCUT2D eigenvalue weighted by molar-refractivity contribution is 0.1000. The number of carbonyl (C=O) groups excluding carboxylic acids is 1. The van der Waals surface area contributed by atoms with Crippen LogP contribution in [-0.2, 0) is 6.42 Å². The van der Waals surface area contributed by atoms with Crippen LogP contribution in [0.2, 0.25) is 0 Å². The van der Waals surface area contributed by atoms with Crippen molar-refractivity contribution in [2.75, 3.05) is 0 Å². The number of aryl methyl sites for hydroxylation is 1. The number of nitrogens with two attached hydrogens (primary N) is 1. The molecule has 0 saturated carbocycles. The van der Waals surface area contributed by atoms with Gasteiger partial charge in [0.2, 0.25) is 5.91 Å². The topological polar surface area (TPSA) is 110 Å². The quantitative estimate of drug-likeness (QED) is 0.445. The van der Waals surface area contributed by atoms with E-state index >= 15 is 0 Å². The van der Waals surface area contributed by atoms with Gasteiger partial charge < -0.3 is 10.7 Å². The van der Waals surface area contributed by atoms with Crippen LogP contribution in [0.4, 0.5) is 0 Å². The minimum Gasteiger partial charge on any atom is -0.366 e. The number of H-pyrrole nitrogens is 1. The number of primary amides is 1. The fourth-order valence-corrected chi connectivity index (χ4v) is 3.68. The van der Waals surface area contributed by atoms with Gasteiger partial charge in [-0.2, -0.15) is 0 Å². The predicted molar refractivity (Wildman–Crippen MR) is 123 cm³/mol. The second-order valence-corrected chi connectivity index (χ2v) is 7.55. The average molecular weight is 420 g/mol. The van der Waals surface area contributed by atoms with E-state index in [1.807, 2.05) is 61.5 Å². The van der Waals surface area contributed by atoms with E-state index in [2.05, 4.69) is 15.0 Å². The van der Waals surface area contributed by atoms with Gasteiger partial charge in [0.25, 0.3) is 0 Å².